The zero-order valence-corrected chi connectivity index (χ0v) is 51.7. The van der Waals surface area contributed by atoms with Crippen LogP contribution in [0.2, 0.25) is 0 Å². The molecule has 2 aliphatic heterocycles. The van der Waals surface area contributed by atoms with E-state index >= 15 is 0 Å². The molecule has 2 aliphatic rings. The summed E-state index contributed by atoms with van der Waals surface area (Å²) in [5, 5.41) is 13.6. The fraction of sp³-hybridized carbons (Fsp3) is 0.508. The number of aliphatic hydroxyl groups excluding tert-OH is 1. The van der Waals surface area contributed by atoms with Crippen molar-refractivity contribution in [3.8, 4) is 45.6 Å². The molecule has 0 amide bonds. The van der Waals surface area contributed by atoms with Gasteiger partial charge in [-0.3, -0.25) is 0 Å². The van der Waals surface area contributed by atoms with Crippen LogP contribution in [-0.2, 0) is 42.6 Å². The van der Waals surface area contributed by atoms with E-state index in [0.717, 1.165) is 43.8 Å². The molecule has 1 radical (unpaired) electrons. The number of aromatic nitrogens is 8. The fourth-order valence-corrected chi connectivity index (χ4v) is 11.0. The minimum atomic E-state index is -0.167. The minimum Gasteiger partial charge on any atom is -0.392 e. The van der Waals surface area contributed by atoms with Gasteiger partial charge in [0.2, 0.25) is 0 Å². The molecule has 4 aromatic carbocycles. The molecule has 0 saturated heterocycles. The molecule has 79 heavy (non-hydrogen) atoms. The van der Waals surface area contributed by atoms with Crippen molar-refractivity contribution in [3.05, 3.63) is 96.6 Å². The van der Waals surface area contributed by atoms with Crippen LogP contribution in [0.3, 0.4) is 0 Å². The summed E-state index contributed by atoms with van der Waals surface area (Å²) in [7, 11) is 7.13. The Morgan fingerprint density at radius 3 is 0.861 bits per heavy atom. The van der Waals surface area contributed by atoms with E-state index in [1.165, 1.54) is 0 Å². The number of methoxy groups -OCH3 is 4. The number of hydrogen-bond donors (Lipinski definition) is 1. The second-order valence-corrected chi connectivity index (χ2v) is 22.9. The van der Waals surface area contributed by atoms with Crippen molar-refractivity contribution in [2.24, 2.45) is 47.3 Å². The Morgan fingerprint density at radius 2 is 0.595 bits per heavy atom. The monoisotopic (exact) mass is 1130 g/mol. The van der Waals surface area contributed by atoms with Crippen LogP contribution in [0, 0.1) is 47.3 Å². The molecule has 13 nitrogen and oxygen atoms in total. The van der Waals surface area contributed by atoms with Gasteiger partial charge in [-0.1, -0.05) is 202 Å². The van der Waals surface area contributed by atoms with Gasteiger partial charge in [0.15, 0.2) is 0 Å². The Bertz CT molecular complexity index is 3050. The molecule has 0 saturated carbocycles. The van der Waals surface area contributed by atoms with Crippen molar-refractivity contribution in [2.75, 3.05) is 28.4 Å². The van der Waals surface area contributed by atoms with Crippen molar-refractivity contribution < 1.29 is 41.1 Å². The van der Waals surface area contributed by atoms with Crippen molar-refractivity contribution >= 4 is 44.1 Å². The third-order valence-electron chi connectivity index (χ3n) is 14.1. The number of rotatable bonds is 13. The normalized spacial score (nSPS) is 11.9. The van der Waals surface area contributed by atoms with Crippen molar-refractivity contribution in [1.29, 1.82) is 0 Å². The SMILES string of the molecule is COC(C(C)C)C(C)C.COC(C(C)C)C(C)C.COC(C(C)C)C(C)C.COC(C(C)C)C(C)C.OCc1cccc2c1-c1nc-2nc2[n-]c(nc3nc(nc4[n-]c(n1)c1ccccc41)-c1ccccc1-3)c1ccccc21.[Cu+2]. The fourth-order valence-electron chi connectivity index (χ4n) is 11.0. The summed E-state index contributed by atoms with van der Waals surface area (Å²) in [6.45, 7) is 34.9. The largest absolute Gasteiger partial charge is 2.00 e. The molecule has 5 heterocycles. The number of nitrogens with zero attached hydrogens (tertiary/aromatic N) is 8. The van der Waals surface area contributed by atoms with E-state index in [0.29, 0.717) is 123 Å². The van der Waals surface area contributed by atoms with Crippen molar-refractivity contribution in [1.82, 2.24) is 39.9 Å². The molecule has 3 aromatic heterocycles. The number of aliphatic hydroxyl groups is 1. The quantitative estimate of drug-likeness (QED) is 0.109. The third kappa shape index (κ3) is 16.6. The van der Waals surface area contributed by atoms with E-state index in [2.05, 4.69) is 111 Å². The van der Waals surface area contributed by atoms with Gasteiger partial charge in [-0.25, -0.2) is 9.97 Å². The molecular weight excluding hydrogens is 1040 g/mol. The van der Waals surface area contributed by atoms with Gasteiger partial charge in [0.1, 0.15) is 0 Å². The van der Waals surface area contributed by atoms with Gasteiger partial charge >= 0.3 is 17.1 Å². The van der Waals surface area contributed by atoms with Gasteiger partial charge in [-0.05, 0) is 74.5 Å². The van der Waals surface area contributed by atoms with E-state index in [1.54, 1.807) is 28.4 Å². The molecule has 1 N–H and O–H groups in total. The van der Waals surface area contributed by atoms with Crippen LogP contribution in [-0.4, -0.2) is 87.9 Å². The van der Waals surface area contributed by atoms with Crippen LogP contribution in [0.25, 0.3) is 89.7 Å². The first-order valence-electron chi connectivity index (χ1n) is 28.0. The molecule has 0 spiro atoms. The van der Waals surface area contributed by atoms with Crippen LogP contribution >= 0.6 is 0 Å². The second kappa shape index (κ2) is 31.0. The van der Waals surface area contributed by atoms with Crippen molar-refractivity contribution in [3.63, 3.8) is 0 Å². The van der Waals surface area contributed by atoms with E-state index in [1.807, 2.05) is 91.0 Å². The Kier molecular flexibility index (Phi) is 25.9. The van der Waals surface area contributed by atoms with Gasteiger partial charge in [0, 0.05) is 73.3 Å². The number of ether oxygens (including phenoxy) is 4. The molecule has 9 rings (SSSR count). The molecule has 431 valence electrons. The molecule has 0 unspecified atom stereocenters. The van der Waals surface area contributed by atoms with Gasteiger partial charge in [0.05, 0.1) is 54.3 Å². The topological polar surface area (TPSA) is 163 Å². The summed E-state index contributed by atoms with van der Waals surface area (Å²) in [4.78, 5) is 39.2. The maximum absolute atomic E-state index is 10.2. The first kappa shape index (κ1) is 66.1. The van der Waals surface area contributed by atoms with Crippen LogP contribution in [0.15, 0.2) is 91.0 Å². The maximum atomic E-state index is 10.2. The molecule has 0 aliphatic carbocycles. The molecular formula is C65H90CuN8O5. The average molecular weight is 1130 g/mol. The standard InChI is InChI=1S/C33H18N8O.4C8H18O.Cu/c42-16-17-8-7-15-24-25(17)33-40-31-23-14-6-5-13-22(23)29(38-31)36-27-19-10-2-1-9-18(19)26(34-27)35-28-20-11-3-4-12-21(20)30(37-28)39-32(24)41-33;4*1-6(2)8(9-5)7(3)4;/h1-15,42H,16H2;4*6-8H,1-5H3;/q-2;;;;;+2. The number of fused-ring (bicyclic) bond motifs is 20. The summed E-state index contributed by atoms with van der Waals surface area (Å²) in [5.74, 6) is 7.01. The number of benzene rings is 4. The van der Waals surface area contributed by atoms with Crippen LogP contribution in [0.4, 0.5) is 0 Å². The van der Waals surface area contributed by atoms with E-state index in [9.17, 15) is 5.11 Å². The summed E-state index contributed by atoms with van der Waals surface area (Å²) < 4.78 is 21.1. The van der Waals surface area contributed by atoms with Gasteiger partial charge in [0.25, 0.3) is 0 Å². The molecule has 7 aromatic rings. The Labute approximate surface area is 482 Å². The van der Waals surface area contributed by atoms with Crippen molar-refractivity contribution in [2.45, 2.75) is 142 Å². The third-order valence-corrected chi connectivity index (χ3v) is 14.1. The van der Waals surface area contributed by atoms with Gasteiger partial charge in [-0.2, -0.15) is 0 Å². The zero-order chi connectivity index (χ0) is 57.5. The first-order valence-corrected chi connectivity index (χ1v) is 28.0. The predicted octanol–water partition coefficient (Wildman–Crippen LogP) is 14.9. The Balaban J connectivity index is 0.000000297. The van der Waals surface area contributed by atoms with Crippen LogP contribution in [0.1, 0.15) is 116 Å². The molecule has 14 heteroatoms. The molecule has 0 fully saturated rings. The van der Waals surface area contributed by atoms with Crippen LogP contribution in [0.5, 0.6) is 0 Å². The van der Waals surface area contributed by atoms with E-state index in [-0.39, 0.29) is 23.7 Å². The molecule has 0 atom stereocenters. The van der Waals surface area contributed by atoms with E-state index < -0.39 is 0 Å². The summed E-state index contributed by atoms with van der Waals surface area (Å²) in [6, 6.07) is 29.3. The minimum absolute atomic E-state index is 0. The van der Waals surface area contributed by atoms with Gasteiger partial charge < -0.3 is 54.0 Å². The Hall–Kier alpha value is -5.44. The average Bonchev–Trinajstić information content (AvgIpc) is 4.28. The van der Waals surface area contributed by atoms with Crippen LogP contribution < -0.4 is 9.97 Å². The maximum Gasteiger partial charge on any atom is 2.00 e. The second-order valence-electron chi connectivity index (χ2n) is 22.9. The van der Waals surface area contributed by atoms with Gasteiger partial charge in [-0.15, -0.1) is 0 Å². The summed E-state index contributed by atoms with van der Waals surface area (Å²) in [5.41, 5.74) is 5.94. The first-order chi connectivity index (χ1) is 37.1. The summed E-state index contributed by atoms with van der Waals surface area (Å²) >= 11 is 0. The smallest absolute Gasteiger partial charge is 0.392 e. The predicted molar refractivity (Wildman–Crippen MR) is 322 cm³/mol. The number of hydrogen-bond acceptors (Lipinski definition) is 11. The van der Waals surface area contributed by atoms with E-state index in [4.69, 9.17) is 58.8 Å². The molecule has 8 bridgehead atoms. The summed E-state index contributed by atoms with van der Waals surface area (Å²) in [6.07, 6.45) is 1.69. The Morgan fingerprint density at radius 1 is 0.342 bits per heavy atom. The zero-order valence-electron chi connectivity index (χ0n) is 50.8.